The maximum Gasteiger partial charge on any atom is 0.243 e. The van der Waals surface area contributed by atoms with Crippen molar-refractivity contribution in [3.8, 4) is 0 Å². The molecule has 0 radical (unpaired) electrons. The molecule has 1 aromatic carbocycles. The molecule has 3 aliphatic rings. The van der Waals surface area contributed by atoms with Gasteiger partial charge in [0.15, 0.2) is 5.82 Å². The highest BCUT2D eigenvalue weighted by Crippen LogP contribution is 2.40. The van der Waals surface area contributed by atoms with Crippen molar-refractivity contribution >= 4 is 10.0 Å². The summed E-state index contributed by atoms with van der Waals surface area (Å²) in [6, 6.07) is 5.67. The quantitative estimate of drug-likeness (QED) is 0.782. The van der Waals surface area contributed by atoms with Gasteiger partial charge in [-0.1, -0.05) is 6.07 Å². The van der Waals surface area contributed by atoms with Crippen molar-refractivity contribution in [3.63, 3.8) is 0 Å². The van der Waals surface area contributed by atoms with E-state index in [2.05, 4.69) is 15.2 Å². The predicted octanol–water partition coefficient (Wildman–Crippen LogP) is 2.61. The van der Waals surface area contributed by atoms with Crippen molar-refractivity contribution in [2.75, 3.05) is 26.8 Å². The highest BCUT2D eigenvalue weighted by molar-refractivity contribution is 7.89. The summed E-state index contributed by atoms with van der Waals surface area (Å²) in [4.78, 5) is 5.10. The van der Waals surface area contributed by atoms with Crippen LogP contribution >= 0.6 is 0 Å². The van der Waals surface area contributed by atoms with Crippen LogP contribution in [0.25, 0.3) is 0 Å². The minimum atomic E-state index is -3.55. The minimum Gasteiger partial charge on any atom is -0.384 e. The molecule has 156 valence electrons. The van der Waals surface area contributed by atoms with Crippen molar-refractivity contribution in [1.82, 2.24) is 19.5 Å². The number of hydrogen-bond acceptors (Lipinski definition) is 5. The Kier molecular flexibility index (Phi) is 4.96. The molecule has 8 heteroatoms. The zero-order valence-electron chi connectivity index (χ0n) is 16.8. The first kappa shape index (κ1) is 19.2. The van der Waals surface area contributed by atoms with Crippen molar-refractivity contribution in [2.45, 2.75) is 55.3 Å². The number of rotatable bonds is 6. The molecule has 7 nitrogen and oxygen atoms in total. The molecule has 1 saturated carbocycles. The van der Waals surface area contributed by atoms with Gasteiger partial charge in [-0.2, -0.15) is 9.40 Å². The van der Waals surface area contributed by atoms with Crippen molar-refractivity contribution < 1.29 is 13.2 Å². The normalized spacial score (nSPS) is 25.3. The van der Waals surface area contributed by atoms with Crippen LogP contribution in [-0.2, 0) is 27.6 Å². The number of methoxy groups -OCH3 is 1. The van der Waals surface area contributed by atoms with Gasteiger partial charge >= 0.3 is 0 Å². The number of aromatic nitrogens is 3. The minimum absolute atomic E-state index is 0.0256. The molecule has 0 bridgehead atoms. The number of aromatic amines is 1. The lowest BCUT2D eigenvalue weighted by atomic mass is 9.92. The summed E-state index contributed by atoms with van der Waals surface area (Å²) in [7, 11) is -1.89. The van der Waals surface area contributed by atoms with Gasteiger partial charge in [0.2, 0.25) is 10.0 Å². The number of nitrogens with one attached hydrogen (secondary N) is 1. The van der Waals surface area contributed by atoms with Gasteiger partial charge in [-0.25, -0.2) is 13.4 Å². The van der Waals surface area contributed by atoms with Crippen LogP contribution < -0.4 is 0 Å². The molecule has 2 aliphatic carbocycles. The molecule has 5 rings (SSSR count). The van der Waals surface area contributed by atoms with Crippen molar-refractivity contribution in [1.29, 1.82) is 0 Å². The molecule has 1 N–H and O–H groups in total. The number of H-pyrrole nitrogens is 1. The Morgan fingerprint density at radius 2 is 1.97 bits per heavy atom. The molecule has 1 aliphatic heterocycles. The van der Waals surface area contributed by atoms with Crippen molar-refractivity contribution in [3.05, 3.63) is 41.0 Å². The van der Waals surface area contributed by atoms with E-state index in [0.29, 0.717) is 30.5 Å². The number of fused-ring (bicyclic) bond motifs is 1. The lowest BCUT2D eigenvalue weighted by Crippen LogP contribution is -2.29. The van der Waals surface area contributed by atoms with Gasteiger partial charge in [-0.3, -0.25) is 5.10 Å². The summed E-state index contributed by atoms with van der Waals surface area (Å²) in [5.74, 6) is 2.16. The highest BCUT2D eigenvalue weighted by Gasteiger charge is 2.42. The molecule has 1 aromatic heterocycles. The summed E-state index contributed by atoms with van der Waals surface area (Å²) >= 11 is 0. The Morgan fingerprint density at radius 3 is 2.72 bits per heavy atom. The van der Waals surface area contributed by atoms with Gasteiger partial charge in [0, 0.05) is 38.0 Å². The largest absolute Gasteiger partial charge is 0.384 e. The van der Waals surface area contributed by atoms with Crippen LogP contribution in [0.3, 0.4) is 0 Å². The highest BCUT2D eigenvalue weighted by atomic mass is 32.2. The third-order valence-electron chi connectivity index (χ3n) is 6.56. The number of hydrogen-bond donors (Lipinski definition) is 1. The van der Waals surface area contributed by atoms with Gasteiger partial charge in [-0.05, 0) is 61.8 Å². The van der Waals surface area contributed by atoms with E-state index < -0.39 is 10.0 Å². The van der Waals surface area contributed by atoms with Crippen LogP contribution in [-0.4, -0.2) is 54.7 Å². The predicted molar refractivity (Wildman–Crippen MR) is 108 cm³/mol. The molecular formula is C21H28N4O3S. The second-order valence-electron chi connectivity index (χ2n) is 8.63. The van der Waals surface area contributed by atoms with E-state index in [-0.39, 0.29) is 11.8 Å². The SMILES string of the molecule is COC[C@@H]1CN(S(=O)(=O)c2ccc3c(c2)CCCC3)C[C@H]1c1nc(C2CC2)n[nH]1. The van der Waals surface area contributed by atoms with Gasteiger partial charge in [0.25, 0.3) is 0 Å². The Hall–Kier alpha value is -1.77. The van der Waals surface area contributed by atoms with E-state index in [1.54, 1.807) is 17.5 Å². The molecule has 0 spiro atoms. The zero-order chi connectivity index (χ0) is 20.0. The molecule has 2 heterocycles. The Bertz CT molecular complexity index is 999. The summed E-state index contributed by atoms with van der Waals surface area (Å²) in [5.41, 5.74) is 2.48. The third kappa shape index (κ3) is 3.62. The first-order valence-electron chi connectivity index (χ1n) is 10.6. The van der Waals surface area contributed by atoms with E-state index in [1.165, 1.54) is 17.5 Å². The number of nitrogens with zero attached hydrogens (tertiary/aromatic N) is 3. The van der Waals surface area contributed by atoms with Gasteiger partial charge < -0.3 is 4.74 Å². The average Bonchev–Trinajstić information content (AvgIpc) is 3.30. The van der Waals surface area contributed by atoms with Gasteiger partial charge in [-0.15, -0.1) is 0 Å². The van der Waals surface area contributed by atoms with Crippen LogP contribution in [0, 0.1) is 5.92 Å². The lowest BCUT2D eigenvalue weighted by Gasteiger charge is -2.20. The van der Waals surface area contributed by atoms with Crippen LogP contribution in [0.4, 0.5) is 0 Å². The van der Waals surface area contributed by atoms with Crippen molar-refractivity contribution in [2.24, 2.45) is 5.92 Å². The Balaban J connectivity index is 1.41. The third-order valence-corrected chi connectivity index (χ3v) is 8.39. The van der Waals surface area contributed by atoms with E-state index >= 15 is 0 Å². The molecule has 2 fully saturated rings. The van der Waals surface area contributed by atoms with Crippen LogP contribution in [0.1, 0.15) is 60.3 Å². The number of aryl methyl sites for hydroxylation is 2. The lowest BCUT2D eigenvalue weighted by molar-refractivity contribution is 0.150. The fraction of sp³-hybridized carbons (Fsp3) is 0.619. The van der Waals surface area contributed by atoms with E-state index in [0.717, 1.165) is 43.8 Å². The fourth-order valence-electron chi connectivity index (χ4n) is 4.72. The summed E-state index contributed by atoms with van der Waals surface area (Å²) < 4.78 is 33.8. The molecule has 0 unspecified atom stereocenters. The van der Waals surface area contributed by atoms with Crippen LogP contribution in [0.5, 0.6) is 0 Å². The topological polar surface area (TPSA) is 88.2 Å². The molecular weight excluding hydrogens is 388 g/mol. The average molecular weight is 417 g/mol. The van der Waals surface area contributed by atoms with Gasteiger partial charge in [0.1, 0.15) is 5.82 Å². The standard InChI is InChI=1S/C21H28N4O3S/c1-28-13-17-11-25(12-19(17)21-22-20(23-24-21)15-6-7-15)29(26,27)18-9-8-14-4-2-3-5-16(14)10-18/h8-10,15,17,19H,2-7,11-13H2,1H3,(H,22,23,24)/t17-,19+/m0/s1. The Labute approximate surface area is 171 Å². The first-order valence-corrected chi connectivity index (χ1v) is 12.0. The first-order chi connectivity index (χ1) is 14.1. The number of benzene rings is 1. The summed E-state index contributed by atoms with van der Waals surface area (Å²) in [6.07, 6.45) is 6.62. The van der Waals surface area contributed by atoms with Crippen LogP contribution in [0.2, 0.25) is 0 Å². The monoisotopic (exact) mass is 416 g/mol. The smallest absolute Gasteiger partial charge is 0.243 e. The summed E-state index contributed by atoms with van der Waals surface area (Å²) in [6.45, 7) is 1.35. The second-order valence-corrected chi connectivity index (χ2v) is 10.6. The number of ether oxygens (including phenoxy) is 1. The van der Waals surface area contributed by atoms with E-state index in [4.69, 9.17) is 4.74 Å². The molecule has 2 atom stereocenters. The fourth-order valence-corrected chi connectivity index (χ4v) is 6.29. The van der Waals surface area contributed by atoms with E-state index in [1.807, 2.05) is 12.1 Å². The Morgan fingerprint density at radius 1 is 1.17 bits per heavy atom. The van der Waals surface area contributed by atoms with Gasteiger partial charge in [0.05, 0.1) is 11.5 Å². The maximum atomic E-state index is 13.4. The molecule has 29 heavy (non-hydrogen) atoms. The zero-order valence-corrected chi connectivity index (χ0v) is 17.6. The second kappa shape index (κ2) is 7.49. The number of sulfonamides is 1. The van der Waals surface area contributed by atoms with Crippen LogP contribution in [0.15, 0.2) is 23.1 Å². The molecule has 0 amide bonds. The molecule has 1 saturated heterocycles. The summed E-state index contributed by atoms with van der Waals surface area (Å²) in [5, 5.41) is 7.44. The van der Waals surface area contributed by atoms with E-state index in [9.17, 15) is 8.42 Å². The molecule has 2 aromatic rings. The maximum absolute atomic E-state index is 13.4.